The van der Waals surface area contributed by atoms with E-state index in [1.807, 2.05) is 0 Å². The zero-order valence-corrected chi connectivity index (χ0v) is 16.4. The molecule has 0 aliphatic rings. The standard InChI is InChI=1S/C18H23N3O7S/c22-14(11-4-2-1-3-5-11)8-19-12(18(27)28)6-7-15(23)21-13(10-29)17(26)20-9-16(24)25/h1-5,12-13,19,29H,6-10H2,(H,20,26)(H,21,23)(H,24,25)(H,27,28)/t12-,13-/m0/s1. The largest absolute Gasteiger partial charge is 0.480 e. The molecule has 5 N–H and O–H groups in total. The van der Waals surface area contributed by atoms with Crippen LogP contribution in [0, 0.1) is 0 Å². The fourth-order valence-electron chi connectivity index (χ4n) is 2.28. The highest BCUT2D eigenvalue weighted by Crippen LogP contribution is 2.02. The van der Waals surface area contributed by atoms with Gasteiger partial charge in [-0.1, -0.05) is 30.3 Å². The van der Waals surface area contributed by atoms with Crippen molar-refractivity contribution in [3.05, 3.63) is 35.9 Å². The van der Waals surface area contributed by atoms with Crippen LogP contribution >= 0.6 is 12.6 Å². The summed E-state index contributed by atoms with van der Waals surface area (Å²) in [4.78, 5) is 57.7. The average molecular weight is 425 g/mol. The van der Waals surface area contributed by atoms with Crippen LogP contribution in [0.2, 0.25) is 0 Å². The van der Waals surface area contributed by atoms with Crippen molar-refractivity contribution in [2.24, 2.45) is 0 Å². The molecule has 29 heavy (non-hydrogen) atoms. The van der Waals surface area contributed by atoms with E-state index in [0.29, 0.717) is 5.56 Å². The number of Topliss-reactive ketones (excluding diaryl/α,β-unsaturated/α-hetero) is 1. The van der Waals surface area contributed by atoms with Gasteiger partial charge in [-0.05, 0) is 6.42 Å². The van der Waals surface area contributed by atoms with Gasteiger partial charge in [0, 0.05) is 17.7 Å². The first kappa shape index (κ1) is 24.1. The molecule has 158 valence electrons. The number of hydrogen-bond donors (Lipinski definition) is 6. The third-order valence-corrected chi connectivity index (χ3v) is 4.18. The molecule has 1 rings (SSSR count). The number of thiol groups is 1. The second-order valence-corrected chi connectivity index (χ2v) is 6.38. The summed E-state index contributed by atoms with van der Waals surface area (Å²) in [5.74, 6) is -4.11. The van der Waals surface area contributed by atoms with Crippen molar-refractivity contribution >= 4 is 42.2 Å². The van der Waals surface area contributed by atoms with Gasteiger partial charge in [-0.15, -0.1) is 0 Å². The summed E-state index contributed by atoms with van der Waals surface area (Å²) in [6, 6.07) is 6.17. The zero-order chi connectivity index (χ0) is 21.8. The summed E-state index contributed by atoms with van der Waals surface area (Å²) in [5.41, 5.74) is 0.436. The van der Waals surface area contributed by atoms with Crippen molar-refractivity contribution in [1.29, 1.82) is 0 Å². The number of carbonyl (C=O) groups is 5. The first-order valence-corrected chi connectivity index (χ1v) is 9.32. The molecule has 0 saturated carbocycles. The molecule has 0 bridgehead atoms. The third-order valence-electron chi connectivity index (χ3n) is 3.81. The lowest BCUT2D eigenvalue weighted by molar-refractivity contribution is -0.139. The van der Waals surface area contributed by atoms with Gasteiger partial charge in [0.1, 0.15) is 18.6 Å². The number of carboxylic acid groups (broad SMARTS) is 2. The van der Waals surface area contributed by atoms with Gasteiger partial charge < -0.3 is 20.8 Å². The van der Waals surface area contributed by atoms with E-state index in [2.05, 4.69) is 28.6 Å². The molecule has 0 heterocycles. The van der Waals surface area contributed by atoms with Crippen LogP contribution in [0.25, 0.3) is 0 Å². The highest BCUT2D eigenvalue weighted by Gasteiger charge is 2.23. The van der Waals surface area contributed by atoms with Gasteiger partial charge in [0.15, 0.2) is 5.78 Å². The van der Waals surface area contributed by atoms with Gasteiger partial charge in [-0.3, -0.25) is 29.3 Å². The topological polar surface area (TPSA) is 162 Å². The predicted molar refractivity (Wildman–Crippen MR) is 106 cm³/mol. The molecule has 0 aliphatic heterocycles. The second kappa shape index (κ2) is 12.5. The van der Waals surface area contributed by atoms with Gasteiger partial charge in [-0.2, -0.15) is 12.6 Å². The van der Waals surface area contributed by atoms with Gasteiger partial charge in [-0.25, -0.2) is 0 Å². The number of nitrogens with one attached hydrogen (secondary N) is 3. The second-order valence-electron chi connectivity index (χ2n) is 6.01. The number of benzene rings is 1. The van der Waals surface area contributed by atoms with Crippen LogP contribution in [0.1, 0.15) is 23.2 Å². The van der Waals surface area contributed by atoms with Crippen LogP contribution in [0.3, 0.4) is 0 Å². The fourth-order valence-corrected chi connectivity index (χ4v) is 2.53. The molecule has 1 aromatic carbocycles. The first-order chi connectivity index (χ1) is 13.7. The molecule has 0 radical (unpaired) electrons. The lowest BCUT2D eigenvalue weighted by Crippen LogP contribution is -2.49. The van der Waals surface area contributed by atoms with Crippen molar-refractivity contribution in [3.8, 4) is 0 Å². The normalized spacial score (nSPS) is 12.4. The maximum atomic E-state index is 12.0. The van der Waals surface area contributed by atoms with Gasteiger partial charge in [0.05, 0.1) is 6.54 Å². The maximum absolute atomic E-state index is 12.0. The monoisotopic (exact) mass is 425 g/mol. The number of hydrogen-bond acceptors (Lipinski definition) is 7. The van der Waals surface area contributed by atoms with E-state index < -0.39 is 42.4 Å². The van der Waals surface area contributed by atoms with Crippen LogP contribution in [-0.2, 0) is 19.2 Å². The lowest BCUT2D eigenvalue weighted by atomic mass is 10.1. The van der Waals surface area contributed by atoms with Crippen LogP contribution < -0.4 is 16.0 Å². The first-order valence-electron chi connectivity index (χ1n) is 8.68. The minimum atomic E-state index is -1.23. The Hall–Kier alpha value is -2.92. The summed E-state index contributed by atoms with van der Waals surface area (Å²) >= 11 is 3.94. The Kier molecular flexibility index (Phi) is 10.4. The van der Waals surface area contributed by atoms with Crippen molar-refractivity contribution in [2.45, 2.75) is 24.9 Å². The molecular formula is C18H23N3O7S. The quantitative estimate of drug-likeness (QED) is 0.179. The Morgan fingerprint density at radius 1 is 0.966 bits per heavy atom. The van der Waals surface area contributed by atoms with E-state index in [4.69, 9.17) is 5.11 Å². The van der Waals surface area contributed by atoms with E-state index >= 15 is 0 Å². The van der Waals surface area contributed by atoms with Gasteiger partial charge in [0.2, 0.25) is 11.8 Å². The van der Waals surface area contributed by atoms with Crippen molar-refractivity contribution in [1.82, 2.24) is 16.0 Å². The van der Waals surface area contributed by atoms with Gasteiger partial charge >= 0.3 is 11.9 Å². The number of aliphatic carboxylic acids is 2. The van der Waals surface area contributed by atoms with E-state index in [9.17, 15) is 29.1 Å². The number of rotatable bonds is 13. The number of carbonyl (C=O) groups excluding carboxylic acids is 3. The zero-order valence-electron chi connectivity index (χ0n) is 15.5. The molecule has 0 saturated heterocycles. The van der Waals surface area contributed by atoms with Crippen LogP contribution in [0.15, 0.2) is 30.3 Å². The molecule has 0 aromatic heterocycles. The minimum Gasteiger partial charge on any atom is -0.480 e. The molecule has 10 nitrogen and oxygen atoms in total. The minimum absolute atomic E-state index is 0.0661. The fraction of sp³-hybridized carbons (Fsp3) is 0.389. The highest BCUT2D eigenvalue weighted by atomic mass is 32.1. The third kappa shape index (κ3) is 9.21. The molecule has 2 amide bonds. The Morgan fingerprint density at radius 2 is 1.62 bits per heavy atom. The van der Waals surface area contributed by atoms with Crippen LogP contribution in [0.4, 0.5) is 0 Å². The number of ketones is 1. The van der Waals surface area contributed by atoms with Crippen molar-refractivity contribution < 1.29 is 34.2 Å². The highest BCUT2D eigenvalue weighted by molar-refractivity contribution is 7.80. The summed E-state index contributed by atoms with van der Waals surface area (Å²) in [7, 11) is 0. The SMILES string of the molecule is O=C(O)CNC(=O)[C@H](CS)NC(=O)CC[C@H](NCC(=O)c1ccccc1)C(=O)O. The Labute approximate surface area is 172 Å². The molecule has 1 aromatic rings. The van der Waals surface area contributed by atoms with E-state index in [1.165, 1.54) is 0 Å². The Balaban J connectivity index is 2.50. The summed E-state index contributed by atoms with van der Waals surface area (Å²) in [6.45, 7) is -0.807. The maximum Gasteiger partial charge on any atom is 0.322 e. The molecular weight excluding hydrogens is 402 g/mol. The Morgan fingerprint density at radius 3 is 2.17 bits per heavy atom. The summed E-state index contributed by atoms with van der Waals surface area (Å²) < 4.78 is 0. The smallest absolute Gasteiger partial charge is 0.322 e. The molecule has 11 heteroatoms. The number of amides is 2. The van der Waals surface area contributed by atoms with Crippen molar-refractivity contribution in [3.63, 3.8) is 0 Å². The molecule has 0 unspecified atom stereocenters. The molecule has 0 aliphatic carbocycles. The van der Waals surface area contributed by atoms with Crippen LogP contribution in [0.5, 0.6) is 0 Å². The number of carboxylic acids is 2. The lowest BCUT2D eigenvalue weighted by Gasteiger charge is -2.17. The van der Waals surface area contributed by atoms with E-state index in [0.717, 1.165) is 0 Å². The van der Waals surface area contributed by atoms with Gasteiger partial charge in [0.25, 0.3) is 0 Å². The van der Waals surface area contributed by atoms with E-state index in [1.54, 1.807) is 30.3 Å². The summed E-state index contributed by atoms with van der Waals surface area (Å²) in [6.07, 6.45) is -0.334. The molecule has 2 atom stereocenters. The Bertz CT molecular complexity index is 742. The average Bonchev–Trinajstić information content (AvgIpc) is 2.70. The van der Waals surface area contributed by atoms with E-state index in [-0.39, 0.29) is 30.9 Å². The molecule has 0 spiro atoms. The molecule has 0 fully saturated rings. The summed E-state index contributed by atoms with van der Waals surface area (Å²) in [5, 5.41) is 24.9. The predicted octanol–water partition coefficient (Wildman–Crippen LogP) is -0.692. The van der Waals surface area contributed by atoms with Crippen LogP contribution in [-0.4, -0.2) is 70.7 Å². The van der Waals surface area contributed by atoms with Crippen molar-refractivity contribution in [2.75, 3.05) is 18.8 Å².